The van der Waals surface area contributed by atoms with Gasteiger partial charge in [0.1, 0.15) is 5.58 Å². The van der Waals surface area contributed by atoms with Gasteiger partial charge in [-0.15, -0.1) is 0 Å². The van der Waals surface area contributed by atoms with Crippen molar-refractivity contribution in [1.82, 2.24) is 4.98 Å². The lowest BCUT2D eigenvalue weighted by molar-refractivity contribution is 0.562. The standard InChI is InChI=1S/C35H25NO2/c1-21-12-14-23(15-13-21)29-20-31(36-34-27-11-7-6-10-25(27)18-30(29)34)26-16-17-32-28(19-26)22(2)33(35(37)38-32)24-8-4-3-5-9-24/h3-17,19-20H,18H2,1-2H3. The van der Waals surface area contributed by atoms with Crippen LogP contribution < -0.4 is 5.63 Å². The first-order chi connectivity index (χ1) is 18.6. The molecule has 0 amide bonds. The van der Waals surface area contributed by atoms with E-state index in [9.17, 15) is 4.79 Å². The summed E-state index contributed by atoms with van der Waals surface area (Å²) in [6.45, 7) is 4.11. The predicted octanol–water partition coefficient (Wildman–Crippen LogP) is 8.38. The lowest BCUT2D eigenvalue weighted by Gasteiger charge is -2.14. The summed E-state index contributed by atoms with van der Waals surface area (Å²) in [5.41, 5.74) is 13.0. The fourth-order valence-electron chi connectivity index (χ4n) is 5.66. The van der Waals surface area contributed by atoms with Crippen molar-refractivity contribution in [2.75, 3.05) is 0 Å². The summed E-state index contributed by atoms with van der Waals surface area (Å²) in [6.07, 6.45) is 0.879. The Bertz CT molecular complexity index is 1920. The summed E-state index contributed by atoms with van der Waals surface area (Å²) >= 11 is 0. The molecule has 2 heterocycles. The molecule has 0 saturated heterocycles. The molecule has 1 aliphatic carbocycles. The van der Waals surface area contributed by atoms with Gasteiger partial charge in [-0.1, -0.05) is 84.4 Å². The minimum Gasteiger partial charge on any atom is -0.422 e. The first-order valence-corrected chi connectivity index (χ1v) is 12.9. The second-order valence-electron chi connectivity index (χ2n) is 10.0. The highest BCUT2D eigenvalue weighted by atomic mass is 16.4. The van der Waals surface area contributed by atoms with Crippen molar-refractivity contribution < 1.29 is 4.42 Å². The molecule has 0 fully saturated rings. The molecule has 0 unspecified atom stereocenters. The number of fused-ring (bicyclic) bond motifs is 4. The summed E-state index contributed by atoms with van der Waals surface area (Å²) in [5.74, 6) is 0. The zero-order valence-electron chi connectivity index (χ0n) is 21.3. The summed E-state index contributed by atoms with van der Waals surface area (Å²) in [7, 11) is 0. The maximum absolute atomic E-state index is 12.9. The first-order valence-electron chi connectivity index (χ1n) is 12.9. The SMILES string of the molecule is Cc1ccc(-c2cc(-c3ccc4oc(=O)c(-c5ccccc5)c(C)c4c3)nc3c2Cc2ccccc2-3)cc1. The van der Waals surface area contributed by atoms with E-state index in [4.69, 9.17) is 9.40 Å². The molecule has 0 saturated carbocycles. The van der Waals surface area contributed by atoms with Gasteiger partial charge in [0.25, 0.3) is 0 Å². The molecule has 0 atom stereocenters. The lowest BCUT2D eigenvalue weighted by Crippen LogP contribution is -2.06. The Hall–Kier alpha value is -4.76. The largest absolute Gasteiger partial charge is 0.422 e. The average molecular weight is 492 g/mol. The molecule has 0 spiro atoms. The van der Waals surface area contributed by atoms with E-state index in [1.165, 1.54) is 33.4 Å². The maximum Gasteiger partial charge on any atom is 0.344 e. The van der Waals surface area contributed by atoms with Crippen LogP contribution in [0.2, 0.25) is 0 Å². The molecule has 0 N–H and O–H groups in total. The molecule has 0 aliphatic heterocycles. The number of benzene rings is 4. The van der Waals surface area contributed by atoms with Gasteiger partial charge in [-0.05, 0) is 71.5 Å². The van der Waals surface area contributed by atoms with Crippen LogP contribution in [0.1, 0.15) is 22.3 Å². The molecule has 7 rings (SSSR count). The lowest BCUT2D eigenvalue weighted by atomic mass is 9.94. The monoisotopic (exact) mass is 491 g/mol. The minimum atomic E-state index is -0.317. The van der Waals surface area contributed by atoms with E-state index < -0.39 is 0 Å². The molecule has 4 aromatic carbocycles. The van der Waals surface area contributed by atoms with Crippen molar-refractivity contribution in [3.05, 3.63) is 136 Å². The average Bonchev–Trinajstić information content (AvgIpc) is 3.32. The zero-order chi connectivity index (χ0) is 25.8. The van der Waals surface area contributed by atoms with Crippen molar-refractivity contribution in [3.8, 4) is 44.8 Å². The van der Waals surface area contributed by atoms with Crippen molar-refractivity contribution in [1.29, 1.82) is 0 Å². The van der Waals surface area contributed by atoms with Gasteiger partial charge in [-0.25, -0.2) is 9.78 Å². The number of aromatic nitrogens is 1. The van der Waals surface area contributed by atoms with E-state index in [1.807, 2.05) is 49.4 Å². The molecular weight excluding hydrogens is 466 g/mol. The third-order valence-electron chi connectivity index (χ3n) is 7.65. The third kappa shape index (κ3) is 3.59. The topological polar surface area (TPSA) is 43.1 Å². The van der Waals surface area contributed by atoms with Crippen LogP contribution in [0.25, 0.3) is 55.7 Å². The summed E-state index contributed by atoms with van der Waals surface area (Å²) < 4.78 is 5.77. The molecular formula is C35H25NO2. The van der Waals surface area contributed by atoms with E-state index in [0.29, 0.717) is 11.1 Å². The minimum absolute atomic E-state index is 0.317. The number of rotatable bonds is 3. The van der Waals surface area contributed by atoms with E-state index in [2.05, 4.69) is 67.6 Å². The Balaban J connectivity index is 1.46. The van der Waals surface area contributed by atoms with E-state index in [1.54, 1.807) is 0 Å². The van der Waals surface area contributed by atoms with Crippen molar-refractivity contribution in [2.24, 2.45) is 0 Å². The Labute approximate surface area is 221 Å². The molecule has 1 aliphatic rings. The molecule has 2 aromatic heterocycles. The van der Waals surface area contributed by atoms with Gasteiger partial charge >= 0.3 is 5.63 Å². The van der Waals surface area contributed by atoms with E-state index in [0.717, 1.165) is 39.9 Å². The summed E-state index contributed by atoms with van der Waals surface area (Å²) in [4.78, 5) is 18.1. The molecule has 0 radical (unpaired) electrons. The predicted molar refractivity (Wildman–Crippen MR) is 154 cm³/mol. The van der Waals surface area contributed by atoms with Crippen molar-refractivity contribution >= 4 is 11.0 Å². The van der Waals surface area contributed by atoms with Crippen LogP contribution >= 0.6 is 0 Å². The summed E-state index contributed by atoms with van der Waals surface area (Å²) in [6, 6.07) is 35.2. The third-order valence-corrected chi connectivity index (χ3v) is 7.65. The molecule has 3 heteroatoms. The molecule has 3 nitrogen and oxygen atoms in total. The van der Waals surface area contributed by atoms with Gasteiger partial charge < -0.3 is 4.42 Å². The first kappa shape index (κ1) is 22.4. The van der Waals surface area contributed by atoms with Crippen LogP contribution in [-0.2, 0) is 6.42 Å². The Morgan fingerprint density at radius 1 is 0.711 bits per heavy atom. The fourth-order valence-corrected chi connectivity index (χ4v) is 5.66. The number of nitrogens with zero attached hydrogens (tertiary/aromatic N) is 1. The molecule has 38 heavy (non-hydrogen) atoms. The number of aryl methyl sites for hydroxylation is 2. The zero-order valence-corrected chi connectivity index (χ0v) is 21.3. The van der Waals surface area contributed by atoms with E-state index in [-0.39, 0.29) is 5.63 Å². The number of hydrogen-bond acceptors (Lipinski definition) is 3. The van der Waals surface area contributed by atoms with E-state index >= 15 is 0 Å². The van der Waals surface area contributed by atoms with Gasteiger partial charge in [0.15, 0.2) is 0 Å². The van der Waals surface area contributed by atoms with Gasteiger partial charge in [0.2, 0.25) is 0 Å². The van der Waals surface area contributed by atoms with Crippen LogP contribution in [-0.4, -0.2) is 4.98 Å². The molecule has 182 valence electrons. The van der Waals surface area contributed by atoms with Gasteiger partial charge in [-0.3, -0.25) is 0 Å². The second-order valence-corrected chi connectivity index (χ2v) is 10.0. The normalized spacial score (nSPS) is 11.9. The summed E-state index contributed by atoms with van der Waals surface area (Å²) in [5, 5.41) is 0.917. The molecule has 6 aromatic rings. The smallest absolute Gasteiger partial charge is 0.344 e. The Morgan fingerprint density at radius 3 is 2.26 bits per heavy atom. The van der Waals surface area contributed by atoms with Crippen LogP contribution in [0.15, 0.2) is 112 Å². The van der Waals surface area contributed by atoms with Crippen LogP contribution in [0, 0.1) is 13.8 Å². The van der Waals surface area contributed by atoms with Crippen LogP contribution in [0.4, 0.5) is 0 Å². The number of hydrogen-bond donors (Lipinski definition) is 0. The highest BCUT2D eigenvalue weighted by molar-refractivity contribution is 5.91. The van der Waals surface area contributed by atoms with Crippen LogP contribution in [0.3, 0.4) is 0 Å². The van der Waals surface area contributed by atoms with Gasteiger partial charge in [-0.2, -0.15) is 0 Å². The quantitative estimate of drug-likeness (QED) is 0.233. The maximum atomic E-state index is 12.9. The number of pyridine rings is 1. The fraction of sp³-hybridized carbons (Fsp3) is 0.0857. The van der Waals surface area contributed by atoms with Crippen molar-refractivity contribution in [2.45, 2.75) is 20.3 Å². The van der Waals surface area contributed by atoms with Gasteiger partial charge in [0.05, 0.1) is 17.0 Å². The van der Waals surface area contributed by atoms with Crippen LogP contribution in [0.5, 0.6) is 0 Å². The molecule has 0 bridgehead atoms. The Morgan fingerprint density at radius 2 is 1.45 bits per heavy atom. The Kier molecular flexibility index (Phi) is 5.12. The van der Waals surface area contributed by atoms with Crippen molar-refractivity contribution in [3.63, 3.8) is 0 Å². The highest BCUT2D eigenvalue weighted by Crippen LogP contribution is 2.42. The van der Waals surface area contributed by atoms with Gasteiger partial charge in [0, 0.05) is 22.9 Å². The highest BCUT2D eigenvalue weighted by Gasteiger charge is 2.24. The second kappa shape index (κ2) is 8.67.